The lowest BCUT2D eigenvalue weighted by Crippen LogP contribution is -2.21. The van der Waals surface area contributed by atoms with Crippen molar-refractivity contribution in [3.8, 4) is 0 Å². The van der Waals surface area contributed by atoms with Crippen molar-refractivity contribution in [3.63, 3.8) is 0 Å². The minimum Gasteiger partial charge on any atom is -0.299 e. The van der Waals surface area contributed by atoms with Crippen molar-refractivity contribution in [2.45, 2.75) is 36.2 Å². The summed E-state index contributed by atoms with van der Waals surface area (Å²) in [5.74, 6) is 0. The van der Waals surface area contributed by atoms with E-state index in [4.69, 9.17) is 11.6 Å². The molecule has 3 aromatic rings. The van der Waals surface area contributed by atoms with E-state index >= 15 is 0 Å². The Kier molecular flexibility index (Phi) is 5.72. The number of hydrogen-bond acceptors (Lipinski definition) is 5. The lowest BCUT2D eigenvalue weighted by molar-refractivity contribution is 0.608. The lowest BCUT2D eigenvalue weighted by atomic mass is 10.2. The number of nitrogens with zero attached hydrogens (tertiary/aromatic N) is 4. The first kappa shape index (κ1) is 17.6. The Morgan fingerprint density at radius 3 is 2.79 bits per heavy atom. The predicted octanol–water partition coefficient (Wildman–Crippen LogP) is 4.40. The number of hydrogen-bond donors (Lipinski definition) is 0. The SMILES string of the molecule is CCCCn1cnc2ccc(Sc3cnc(I)cn3)c(Cl)c2c1=O. The summed E-state index contributed by atoms with van der Waals surface area (Å²) in [6.45, 7) is 2.73. The van der Waals surface area contributed by atoms with E-state index in [1.807, 2.05) is 12.1 Å². The second-order valence-corrected chi connectivity index (χ2v) is 7.69. The average Bonchev–Trinajstić information content (AvgIpc) is 2.58. The van der Waals surface area contributed by atoms with Crippen LogP contribution >= 0.6 is 46.0 Å². The third-order valence-corrected chi connectivity index (χ3v) is 5.50. The van der Waals surface area contributed by atoms with Crippen molar-refractivity contribution < 1.29 is 0 Å². The van der Waals surface area contributed by atoms with Gasteiger partial charge in [-0.25, -0.2) is 15.0 Å². The third kappa shape index (κ3) is 3.73. The molecular weight excluding hydrogens is 459 g/mol. The van der Waals surface area contributed by atoms with Gasteiger partial charge in [-0.3, -0.25) is 9.36 Å². The number of aryl methyl sites for hydroxylation is 1. The number of halogens is 2. The molecule has 2 heterocycles. The fourth-order valence-electron chi connectivity index (χ4n) is 2.22. The summed E-state index contributed by atoms with van der Waals surface area (Å²) in [5, 5.41) is 1.60. The van der Waals surface area contributed by atoms with Gasteiger partial charge in [-0.2, -0.15) is 0 Å². The molecule has 8 heteroatoms. The Morgan fingerprint density at radius 2 is 2.08 bits per heavy atom. The van der Waals surface area contributed by atoms with Crippen molar-refractivity contribution in [1.82, 2.24) is 19.5 Å². The van der Waals surface area contributed by atoms with Crippen LogP contribution in [0.3, 0.4) is 0 Å². The number of rotatable bonds is 5. The lowest BCUT2D eigenvalue weighted by Gasteiger charge is -2.09. The van der Waals surface area contributed by atoms with Crippen LogP contribution in [0.25, 0.3) is 10.9 Å². The molecule has 0 N–H and O–H groups in total. The number of aromatic nitrogens is 4. The Labute approximate surface area is 162 Å². The molecule has 0 spiro atoms. The molecule has 0 aliphatic carbocycles. The fourth-order valence-corrected chi connectivity index (χ4v) is 3.62. The highest BCUT2D eigenvalue weighted by molar-refractivity contribution is 14.1. The van der Waals surface area contributed by atoms with Crippen molar-refractivity contribution in [2.24, 2.45) is 0 Å². The van der Waals surface area contributed by atoms with Crippen LogP contribution in [0.15, 0.2) is 45.6 Å². The maximum absolute atomic E-state index is 12.7. The van der Waals surface area contributed by atoms with Gasteiger partial charge >= 0.3 is 0 Å². The van der Waals surface area contributed by atoms with Gasteiger partial charge in [0, 0.05) is 11.4 Å². The second-order valence-electron chi connectivity index (χ2n) is 5.15. The average molecular weight is 473 g/mol. The monoisotopic (exact) mass is 472 g/mol. The van der Waals surface area contributed by atoms with Crippen LogP contribution < -0.4 is 5.56 Å². The van der Waals surface area contributed by atoms with Crippen LogP contribution in [0.1, 0.15) is 19.8 Å². The number of unbranched alkanes of at least 4 members (excludes halogenated alkanes) is 1. The van der Waals surface area contributed by atoms with Crippen molar-refractivity contribution in [3.05, 3.63) is 49.9 Å². The molecule has 0 fully saturated rings. The molecule has 0 atom stereocenters. The first-order valence-corrected chi connectivity index (χ1v) is 9.70. The molecule has 0 aliphatic heterocycles. The van der Waals surface area contributed by atoms with E-state index in [9.17, 15) is 4.79 Å². The molecule has 3 rings (SSSR count). The summed E-state index contributed by atoms with van der Waals surface area (Å²) in [6, 6.07) is 3.67. The molecular formula is C16H14ClIN4OS. The molecule has 0 unspecified atom stereocenters. The van der Waals surface area contributed by atoms with E-state index in [2.05, 4.69) is 44.5 Å². The minimum absolute atomic E-state index is 0.102. The van der Waals surface area contributed by atoms with E-state index in [1.54, 1.807) is 23.3 Å². The Bertz CT molecular complexity index is 930. The Hall–Kier alpha value is -1.19. The molecule has 0 bridgehead atoms. The molecule has 0 aliphatic rings. The zero-order valence-corrected chi connectivity index (χ0v) is 16.6. The Morgan fingerprint density at radius 1 is 1.25 bits per heavy atom. The summed E-state index contributed by atoms with van der Waals surface area (Å²) < 4.78 is 2.45. The van der Waals surface area contributed by atoms with E-state index < -0.39 is 0 Å². The summed E-state index contributed by atoms with van der Waals surface area (Å²) in [7, 11) is 0. The maximum atomic E-state index is 12.7. The van der Waals surface area contributed by atoms with Gasteiger partial charge in [-0.15, -0.1) is 0 Å². The molecule has 0 saturated carbocycles. The summed E-state index contributed by atoms with van der Waals surface area (Å²) in [5.41, 5.74) is 0.505. The summed E-state index contributed by atoms with van der Waals surface area (Å²) in [4.78, 5) is 26.4. The molecule has 124 valence electrons. The molecule has 1 aromatic carbocycles. The first-order valence-electron chi connectivity index (χ1n) is 7.43. The largest absolute Gasteiger partial charge is 0.299 e. The molecule has 0 amide bonds. The van der Waals surface area contributed by atoms with E-state index in [0.29, 0.717) is 22.5 Å². The van der Waals surface area contributed by atoms with Gasteiger partial charge in [0.15, 0.2) is 0 Å². The van der Waals surface area contributed by atoms with Crippen molar-refractivity contribution in [1.29, 1.82) is 0 Å². The molecule has 24 heavy (non-hydrogen) atoms. The van der Waals surface area contributed by atoms with Crippen molar-refractivity contribution >= 4 is 56.9 Å². The van der Waals surface area contributed by atoms with Crippen LogP contribution in [0.4, 0.5) is 0 Å². The van der Waals surface area contributed by atoms with Crippen LogP contribution in [-0.4, -0.2) is 19.5 Å². The second kappa shape index (κ2) is 7.79. The topological polar surface area (TPSA) is 60.7 Å². The smallest absolute Gasteiger partial charge is 0.262 e. The number of benzene rings is 1. The Balaban J connectivity index is 2.03. The summed E-state index contributed by atoms with van der Waals surface area (Å²) >= 11 is 10.00. The number of fused-ring (bicyclic) bond motifs is 1. The minimum atomic E-state index is -0.102. The molecule has 5 nitrogen and oxygen atoms in total. The van der Waals surface area contributed by atoms with E-state index in [-0.39, 0.29) is 5.56 Å². The predicted molar refractivity (Wildman–Crippen MR) is 105 cm³/mol. The first-order chi connectivity index (χ1) is 11.6. The standard InChI is InChI=1S/C16H14ClIN4OS/c1-2-3-6-22-9-21-10-4-5-11(15(17)14(10)16(22)23)24-13-8-19-12(18)7-20-13/h4-5,7-9H,2-3,6H2,1H3. The van der Waals surface area contributed by atoms with Gasteiger partial charge in [0.25, 0.3) is 5.56 Å². The van der Waals surface area contributed by atoms with Crippen LogP contribution in [0.5, 0.6) is 0 Å². The van der Waals surface area contributed by atoms with E-state index in [1.165, 1.54) is 11.8 Å². The highest BCUT2D eigenvalue weighted by atomic mass is 127. The van der Waals surface area contributed by atoms with E-state index in [0.717, 1.165) is 26.5 Å². The maximum Gasteiger partial charge on any atom is 0.262 e. The third-order valence-electron chi connectivity index (χ3n) is 3.46. The van der Waals surface area contributed by atoms with Crippen LogP contribution in [0, 0.1) is 3.70 Å². The zero-order chi connectivity index (χ0) is 17.1. The van der Waals surface area contributed by atoms with Gasteiger partial charge in [-0.1, -0.05) is 36.7 Å². The van der Waals surface area contributed by atoms with Gasteiger partial charge in [0.2, 0.25) is 0 Å². The zero-order valence-electron chi connectivity index (χ0n) is 12.9. The van der Waals surface area contributed by atoms with Crippen LogP contribution in [0.2, 0.25) is 5.02 Å². The van der Waals surface area contributed by atoms with Crippen molar-refractivity contribution in [2.75, 3.05) is 0 Å². The summed E-state index contributed by atoms with van der Waals surface area (Å²) in [6.07, 6.45) is 6.91. The van der Waals surface area contributed by atoms with Gasteiger partial charge in [0.1, 0.15) is 8.73 Å². The van der Waals surface area contributed by atoms with Crippen LogP contribution in [-0.2, 0) is 6.54 Å². The van der Waals surface area contributed by atoms with Gasteiger partial charge in [-0.05, 0) is 41.1 Å². The highest BCUT2D eigenvalue weighted by Gasteiger charge is 2.13. The van der Waals surface area contributed by atoms with Gasteiger partial charge in [0.05, 0.1) is 34.6 Å². The fraction of sp³-hybridized carbons (Fsp3) is 0.250. The highest BCUT2D eigenvalue weighted by Crippen LogP contribution is 2.35. The molecule has 0 radical (unpaired) electrons. The normalized spacial score (nSPS) is 11.1. The van der Waals surface area contributed by atoms with Gasteiger partial charge < -0.3 is 0 Å². The quantitative estimate of drug-likeness (QED) is 0.515. The molecule has 2 aromatic heterocycles. The molecule has 0 saturated heterocycles.